The van der Waals surface area contributed by atoms with E-state index in [9.17, 15) is 4.79 Å². The molecule has 0 heterocycles. The summed E-state index contributed by atoms with van der Waals surface area (Å²) in [4.78, 5) is 11.3. The molecule has 0 bridgehead atoms. The van der Waals surface area contributed by atoms with Crippen LogP contribution in [0.1, 0.15) is 27.2 Å². The van der Waals surface area contributed by atoms with Crippen LogP contribution in [0, 0.1) is 11.8 Å². The Labute approximate surface area is 105 Å². The molecule has 1 unspecified atom stereocenters. The smallest absolute Gasteiger partial charge is 0.224 e. The van der Waals surface area contributed by atoms with Gasteiger partial charge in [-0.3, -0.25) is 4.79 Å². The number of nitrogens with one attached hydrogen (secondary N) is 1. The van der Waals surface area contributed by atoms with Gasteiger partial charge < -0.3 is 15.8 Å². The average Bonchev–Trinajstić information content (AvgIpc) is 2.21. The summed E-state index contributed by atoms with van der Waals surface area (Å²) in [5.74, 6) is 0.500. The third-order valence-corrected chi connectivity index (χ3v) is 2.02. The third-order valence-electron chi connectivity index (χ3n) is 2.02. The highest BCUT2D eigenvalue weighted by Crippen LogP contribution is 1.94. The van der Waals surface area contributed by atoms with Crippen LogP contribution in [0.25, 0.3) is 0 Å². The molecule has 1 atom stereocenters. The monoisotopic (exact) mass is 252 g/mol. The zero-order valence-electron chi connectivity index (χ0n) is 10.5. The second-order valence-corrected chi connectivity index (χ2v) is 4.25. The predicted molar refractivity (Wildman–Crippen MR) is 68.8 cm³/mol. The van der Waals surface area contributed by atoms with Crippen molar-refractivity contribution in [2.75, 3.05) is 26.3 Å². The van der Waals surface area contributed by atoms with Gasteiger partial charge in [0.15, 0.2) is 0 Å². The molecule has 0 aliphatic rings. The van der Waals surface area contributed by atoms with E-state index < -0.39 is 0 Å². The van der Waals surface area contributed by atoms with Gasteiger partial charge in [0.2, 0.25) is 5.91 Å². The number of carbonyl (C=O) groups excluding carboxylic acids is 1. The summed E-state index contributed by atoms with van der Waals surface area (Å²) in [6.45, 7) is 8.61. The number of rotatable bonds is 8. The molecule has 0 aromatic rings. The van der Waals surface area contributed by atoms with Gasteiger partial charge in [0, 0.05) is 32.2 Å². The summed E-state index contributed by atoms with van der Waals surface area (Å²) in [5, 5.41) is 2.82. The lowest BCUT2D eigenvalue weighted by Gasteiger charge is -2.10. The van der Waals surface area contributed by atoms with Gasteiger partial charge in [-0.05, 0) is 12.3 Å². The molecule has 0 aromatic carbocycles. The van der Waals surface area contributed by atoms with E-state index in [-0.39, 0.29) is 24.2 Å². The molecule has 0 spiro atoms. The highest BCUT2D eigenvalue weighted by atomic mass is 35.5. The van der Waals surface area contributed by atoms with E-state index in [1.807, 2.05) is 6.92 Å². The highest BCUT2D eigenvalue weighted by Gasteiger charge is 2.08. The minimum Gasteiger partial charge on any atom is -0.381 e. The Kier molecular flexibility index (Phi) is 12.6. The first-order chi connectivity index (χ1) is 7.07. The van der Waals surface area contributed by atoms with Crippen LogP contribution < -0.4 is 11.1 Å². The maximum atomic E-state index is 11.3. The second kappa shape index (κ2) is 11.2. The van der Waals surface area contributed by atoms with Gasteiger partial charge in [-0.1, -0.05) is 20.8 Å². The molecule has 0 rings (SSSR count). The van der Waals surface area contributed by atoms with Crippen LogP contribution in [0.4, 0.5) is 0 Å². The molecule has 0 fully saturated rings. The number of nitrogens with two attached hydrogens (primary N) is 1. The Hall–Kier alpha value is -0.320. The maximum Gasteiger partial charge on any atom is 0.224 e. The van der Waals surface area contributed by atoms with Crippen molar-refractivity contribution in [3.8, 4) is 0 Å². The molecule has 0 saturated heterocycles. The quantitative estimate of drug-likeness (QED) is 0.638. The van der Waals surface area contributed by atoms with Gasteiger partial charge in [-0.2, -0.15) is 0 Å². The van der Waals surface area contributed by atoms with Crippen molar-refractivity contribution in [1.82, 2.24) is 5.32 Å². The minimum atomic E-state index is -0.0958. The SMILES string of the molecule is CC(C)COCCCNC(=O)C(C)CN.Cl. The fraction of sp³-hybridized carbons (Fsp3) is 0.909. The fourth-order valence-electron chi connectivity index (χ4n) is 0.986. The molecule has 0 aliphatic carbocycles. The predicted octanol–water partition coefficient (Wildman–Crippen LogP) is 1.18. The van der Waals surface area contributed by atoms with Gasteiger partial charge in [0.05, 0.1) is 0 Å². The first-order valence-electron chi connectivity index (χ1n) is 5.63. The van der Waals surface area contributed by atoms with Crippen molar-refractivity contribution >= 4 is 18.3 Å². The summed E-state index contributed by atoms with van der Waals surface area (Å²) in [6.07, 6.45) is 0.857. The van der Waals surface area contributed by atoms with E-state index in [0.29, 0.717) is 25.6 Å². The molecule has 98 valence electrons. The average molecular weight is 253 g/mol. The molecular formula is C11H25ClN2O2. The summed E-state index contributed by atoms with van der Waals surface area (Å²) in [6, 6.07) is 0. The number of ether oxygens (including phenoxy) is 1. The zero-order valence-corrected chi connectivity index (χ0v) is 11.3. The number of carbonyl (C=O) groups is 1. The highest BCUT2D eigenvalue weighted by molar-refractivity contribution is 5.85. The van der Waals surface area contributed by atoms with Crippen molar-refractivity contribution in [2.24, 2.45) is 17.6 Å². The van der Waals surface area contributed by atoms with E-state index in [0.717, 1.165) is 13.0 Å². The van der Waals surface area contributed by atoms with E-state index in [4.69, 9.17) is 10.5 Å². The third kappa shape index (κ3) is 10.2. The Balaban J connectivity index is 0. The Morgan fingerprint density at radius 3 is 2.50 bits per heavy atom. The molecule has 0 aromatic heterocycles. The number of amides is 1. The van der Waals surface area contributed by atoms with Crippen LogP contribution in [0.5, 0.6) is 0 Å². The fourth-order valence-corrected chi connectivity index (χ4v) is 0.986. The second-order valence-electron chi connectivity index (χ2n) is 4.25. The van der Waals surface area contributed by atoms with E-state index >= 15 is 0 Å². The number of hydrogen-bond acceptors (Lipinski definition) is 3. The summed E-state index contributed by atoms with van der Waals surface area (Å²) in [5.41, 5.74) is 5.37. The summed E-state index contributed by atoms with van der Waals surface area (Å²) in [7, 11) is 0. The van der Waals surface area contributed by atoms with Crippen LogP contribution in [-0.2, 0) is 9.53 Å². The largest absolute Gasteiger partial charge is 0.381 e. The Bertz CT molecular complexity index is 177. The number of hydrogen-bond donors (Lipinski definition) is 2. The van der Waals surface area contributed by atoms with E-state index in [2.05, 4.69) is 19.2 Å². The maximum absolute atomic E-state index is 11.3. The topological polar surface area (TPSA) is 64.3 Å². The van der Waals surface area contributed by atoms with Crippen LogP contribution in [0.15, 0.2) is 0 Å². The first kappa shape index (κ1) is 18.1. The van der Waals surface area contributed by atoms with E-state index in [1.54, 1.807) is 0 Å². The van der Waals surface area contributed by atoms with Crippen LogP contribution in [-0.4, -0.2) is 32.2 Å². The molecule has 16 heavy (non-hydrogen) atoms. The molecule has 3 N–H and O–H groups in total. The standard InChI is InChI=1S/C11H24N2O2.ClH/c1-9(2)8-15-6-4-5-13-11(14)10(3)7-12;/h9-10H,4-8,12H2,1-3H3,(H,13,14);1H. The van der Waals surface area contributed by atoms with Gasteiger partial charge >= 0.3 is 0 Å². The van der Waals surface area contributed by atoms with Gasteiger partial charge in [0.1, 0.15) is 0 Å². The molecule has 0 saturated carbocycles. The van der Waals surface area contributed by atoms with Crippen molar-refractivity contribution in [3.63, 3.8) is 0 Å². The molecule has 1 amide bonds. The summed E-state index contributed by atoms with van der Waals surface area (Å²) < 4.78 is 5.39. The normalized spacial score (nSPS) is 12.1. The van der Waals surface area contributed by atoms with E-state index in [1.165, 1.54) is 0 Å². The minimum absolute atomic E-state index is 0. The number of halogens is 1. The van der Waals surface area contributed by atoms with Crippen LogP contribution >= 0.6 is 12.4 Å². The van der Waals surface area contributed by atoms with Crippen LogP contribution in [0.2, 0.25) is 0 Å². The Morgan fingerprint density at radius 1 is 1.38 bits per heavy atom. The molecule has 0 radical (unpaired) electrons. The lowest BCUT2D eigenvalue weighted by molar-refractivity contribution is -0.124. The zero-order chi connectivity index (χ0) is 11.7. The molecule has 0 aliphatic heterocycles. The lowest BCUT2D eigenvalue weighted by atomic mass is 10.2. The van der Waals surface area contributed by atoms with Gasteiger partial charge in [0.25, 0.3) is 0 Å². The van der Waals surface area contributed by atoms with Gasteiger partial charge in [-0.15, -0.1) is 12.4 Å². The molecule has 5 heteroatoms. The van der Waals surface area contributed by atoms with Crippen molar-refractivity contribution in [2.45, 2.75) is 27.2 Å². The molecular weight excluding hydrogens is 228 g/mol. The van der Waals surface area contributed by atoms with Crippen molar-refractivity contribution in [1.29, 1.82) is 0 Å². The van der Waals surface area contributed by atoms with Crippen molar-refractivity contribution in [3.05, 3.63) is 0 Å². The first-order valence-corrected chi connectivity index (χ1v) is 5.63. The van der Waals surface area contributed by atoms with Crippen LogP contribution in [0.3, 0.4) is 0 Å². The lowest BCUT2D eigenvalue weighted by Crippen LogP contribution is -2.34. The molecule has 4 nitrogen and oxygen atoms in total. The van der Waals surface area contributed by atoms with Crippen molar-refractivity contribution < 1.29 is 9.53 Å². The Morgan fingerprint density at radius 2 is 2.00 bits per heavy atom. The summed E-state index contributed by atoms with van der Waals surface area (Å²) >= 11 is 0. The van der Waals surface area contributed by atoms with Gasteiger partial charge in [-0.25, -0.2) is 0 Å².